The number of aromatic nitrogens is 1. The third kappa shape index (κ3) is 5.03. The molecule has 40 heavy (non-hydrogen) atoms. The number of Topliss-reactive ketones (excluding diaryl/α,β-unsaturated/α-hetero) is 1. The van der Waals surface area contributed by atoms with Gasteiger partial charge >= 0.3 is 11.9 Å². The number of hydrogen-bond donors (Lipinski definition) is 1. The molecule has 0 bridgehead atoms. The van der Waals surface area contributed by atoms with Gasteiger partial charge in [-0.2, -0.15) is 0 Å². The Morgan fingerprint density at radius 1 is 1.10 bits per heavy atom. The average molecular weight is 565 g/mol. The Bertz CT molecular complexity index is 1540. The summed E-state index contributed by atoms with van der Waals surface area (Å²) in [6, 6.07) is 8.82. The summed E-state index contributed by atoms with van der Waals surface area (Å²) in [5.74, 6) is -1.45. The Morgan fingerprint density at radius 3 is 2.45 bits per heavy atom. The van der Waals surface area contributed by atoms with Crippen molar-refractivity contribution in [2.24, 2.45) is 0 Å². The first kappa shape index (κ1) is 28.4. The molecule has 11 heteroatoms. The summed E-state index contributed by atoms with van der Waals surface area (Å²) in [5, 5.41) is 11.6. The average Bonchev–Trinajstić information content (AvgIpc) is 3.46. The summed E-state index contributed by atoms with van der Waals surface area (Å²) < 4.78 is 21.2. The fraction of sp³-hybridized carbons (Fsp3) is 0.241. The molecule has 2 heterocycles. The second kappa shape index (κ2) is 11.6. The van der Waals surface area contributed by atoms with Crippen LogP contribution in [0.25, 0.3) is 5.76 Å². The summed E-state index contributed by atoms with van der Waals surface area (Å²) in [6.45, 7) is 7.29. The van der Waals surface area contributed by atoms with Crippen LogP contribution in [-0.4, -0.2) is 55.7 Å². The van der Waals surface area contributed by atoms with Crippen LogP contribution in [0, 0.1) is 13.8 Å². The van der Waals surface area contributed by atoms with Gasteiger partial charge in [0.1, 0.15) is 23.0 Å². The molecule has 1 atom stereocenters. The zero-order valence-electron chi connectivity index (χ0n) is 22.6. The van der Waals surface area contributed by atoms with E-state index in [-0.39, 0.29) is 21.3 Å². The Morgan fingerprint density at radius 2 is 1.82 bits per heavy atom. The van der Waals surface area contributed by atoms with Crippen molar-refractivity contribution >= 4 is 39.9 Å². The monoisotopic (exact) mass is 564 g/mol. The molecular weight excluding hydrogens is 536 g/mol. The van der Waals surface area contributed by atoms with Gasteiger partial charge in [-0.1, -0.05) is 30.1 Å². The van der Waals surface area contributed by atoms with Gasteiger partial charge in [0.25, 0.3) is 5.78 Å². The minimum atomic E-state index is -1.09. The highest BCUT2D eigenvalue weighted by atomic mass is 32.1. The molecule has 0 spiro atoms. The molecule has 1 unspecified atom stereocenters. The number of rotatable bonds is 9. The predicted molar refractivity (Wildman–Crippen MR) is 149 cm³/mol. The first-order valence-corrected chi connectivity index (χ1v) is 12.9. The quantitative estimate of drug-likeness (QED) is 0.129. The van der Waals surface area contributed by atoms with E-state index in [9.17, 15) is 19.5 Å². The lowest BCUT2D eigenvalue weighted by atomic mass is 9.93. The fourth-order valence-electron chi connectivity index (χ4n) is 4.43. The molecule has 2 aromatic carbocycles. The van der Waals surface area contributed by atoms with Crippen LogP contribution in [0.1, 0.15) is 38.1 Å². The van der Waals surface area contributed by atoms with E-state index in [0.29, 0.717) is 46.2 Å². The lowest BCUT2D eigenvalue weighted by Gasteiger charge is -2.24. The molecule has 1 aromatic heterocycles. The third-order valence-corrected chi connectivity index (χ3v) is 7.49. The topological polar surface area (TPSA) is 124 Å². The van der Waals surface area contributed by atoms with E-state index in [1.54, 1.807) is 56.3 Å². The second-order valence-electron chi connectivity index (χ2n) is 8.76. The number of ether oxygens (including phenoxy) is 4. The van der Waals surface area contributed by atoms with E-state index in [4.69, 9.17) is 18.9 Å². The highest BCUT2D eigenvalue weighted by Gasteiger charge is 2.48. The van der Waals surface area contributed by atoms with Crippen LogP contribution in [0.4, 0.5) is 5.13 Å². The normalized spacial score (nSPS) is 16.1. The number of ketones is 1. The van der Waals surface area contributed by atoms with Crippen LogP contribution in [0.15, 0.2) is 54.6 Å². The number of methoxy groups -OCH3 is 3. The molecule has 3 aromatic rings. The molecule has 1 aliphatic heterocycles. The number of thiazole rings is 1. The maximum Gasteiger partial charge on any atom is 0.350 e. The van der Waals surface area contributed by atoms with Crippen LogP contribution in [0.3, 0.4) is 0 Å². The molecule has 10 nitrogen and oxygen atoms in total. The van der Waals surface area contributed by atoms with Gasteiger partial charge in [-0.05, 0) is 55.3 Å². The van der Waals surface area contributed by atoms with Gasteiger partial charge in [-0.3, -0.25) is 14.5 Å². The van der Waals surface area contributed by atoms with E-state index in [1.165, 1.54) is 26.2 Å². The lowest BCUT2D eigenvalue weighted by molar-refractivity contribution is -0.132. The maximum atomic E-state index is 13.6. The molecule has 0 radical (unpaired) electrons. The number of amides is 1. The van der Waals surface area contributed by atoms with Gasteiger partial charge in [0, 0.05) is 5.56 Å². The first-order chi connectivity index (χ1) is 19.2. The van der Waals surface area contributed by atoms with Crippen molar-refractivity contribution in [3.05, 3.63) is 81.9 Å². The molecule has 1 N–H and O–H groups in total. The summed E-state index contributed by atoms with van der Waals surface area (Å²) in [7, 11) is 4.19. The van der Waals surface area contributed by atoms with E-state index in [2.05, 4.69) is 11.6 Å². The van der Waals surface area contributed by atoms with E-state index >= 15 is 0 Å². The number of aryl methyl sites for hydroxylation is 2. The molecule has 1 amide bonds. The van der Waals surface area contributed by atoms with Crippen LogP contribution < -0.4 is 19.1 Å². The van der Waals surface area contributed by atoms with Crippen LogP contribution >= 0.6 is 11.3 Å². The Hall–Kier alpha value is -4.64. The summed E-state index contributed by atoms with van der Waals surface area (Å²) in [4.78, 5) is 45.1. The number of carbonyl (C=O) groups is 3. The van der Waals surface area contributed by atoms with Crippen LogP contribution in [-0.2, 0) is 14.3 Å². The summed E-state index contributed by atoms with van der Waals surface area (Å²) >= 11 is 0.916. The third-order valence-electron chi connectivity index (χ3n) is 6.35. The number of aliphatic hydroxyl groups excluding tert-OH is 1. The number of carbonyl (C=O) groups excluding carboxylic acids is 3. The van der Waals surface area contributed by atoms with Gasteiger partial charge < -0.3 is 24.1 Å². The van der Waals surface area contributed by atoms with Crippen molar-refractivity contribution in [2.75, 3.05) is 32.8 Å². The number of anilines is 1. The van der Waals surface area contributed by atoms with Crippen molar-refractivity contribution < 1.29 is 38.4 Å². The largest absolute Gasteiger partial charge is 0.507 e. The fourth-order valence-corrected chi connectivity index (χ4v) is 5.44. The minimum Gasteiger partial charge on any atom is -0.507 e. The van der Waals surface area contributed by atoms with E-state index in [0.717, 1.165) is 11.3 Å². The van der Waals surface area contributed by atoms with E-state index < -0.39 is 23.7 Å². The summed E-state index contributed by atoms with van der Waals surface area (Å²) in [6.07, 6.45) is 1.61. The zero-order chi connectivity index (χ0) is 29.1. The van der Waals surface area contributed by atoms with Crippen LogP contribution in [0.5, 0.6) is 17.2 Å². The highest BCUT2D eigenvalue weighted by Crippen LogP contribution is 2.46. The van der Waals surface area contributed by atoms with Crippen molar-refractivity contribution in [1.82, 2.24) is 4.98 Å². The smallest absolute Gasteiger partial charge is 0.350 e. The molecule has 4 rings (SSSR count). The lowest BCUT2D eigenvalue weighted by Crippen LogP contribution is -2.29. The SMILES string of the molecule is C=CCOc1ccc(/C(O)=C2\C(=O)C(=O)N(c3nc(C)c(C(=O)OC)s3)C2c2ccc(OC)c(OC)c2)c(C)c1. The number of nitrogens with zero attached hydrogens (tertiary/aromatic N) is 2. The maximum absolute atomic E-state index is 13.6. The number of esters is 1. The molecule has 1 aliphatic rings. The van der Waals surface area contributed by atoms with Gasteiger partial charge in [0.05, 0.1) is 38.6 Å². The van der Waals surface area contributed by atoms with Gasteiger partial charge in [0.2, 0.25) is 0 Å². The van der Waals surface area contributed by atoms with E-state index in [1.807, 2.05) is 0 Å². The van der Waals surface area contributed by atoms with Crippen molar-refractivity contribution in [3.8, 4) is 17.2 Å². The van der Waals surface area contributed by atoms with Crippen molar-refractivity contribution in [2.45, 2.75) is 19.9 Å². The molecule has 208 valence electrons. The Kier molecular flexibility index (Phi) is 8.24. The molecular formula is C29H28N2O8S. The zero-order valence-corrected chi connectivity index (χ0v) is 23.5. The summed E-state index contributed by atoms with van der Waals surface area (Å²) in [5.41, 5.74) is 1.61. The van der Waals surface area contributed by atoms with Gasteiger partial charge in [-0.15, -0.1) is 0 Å². The van der Waals surface area contributed by atoms with Crippen LogP contribution in [0.2, 0.25) is 0 Å². The predicted octanol–water partition coefficient (Wildman–Crippen LogP) is 4.75. The molecule has 1 fully saturated rings. The molecule has 1 saturated heterocycles. The first-order valence-electron chi connectivity index (χ1n) is 12.1. The number of aliphatic hydroxyl groups is 1. The highest BCUT2D eigenvalue weighted by molar-refractivity contribution is 7.17. The van der Waals surface area contributed by atoms with Gasteiger partial charge in [-0.25, -0.2) is 9.78 Å². The molecule has 0 aliphatic carbocycles. The standard InChI is InChI=1S/C29H28N2O8S/c1-7-12-39-18-9-10-19(15(2)13-18)24(32)22-23(17-8-11-20(36-4)21(14-17)37-5)31(27(34)25(22)33)29-30-16(3)26(40-29)28(35)38-6/h7-11,13-14,23,32H,1,12H2,2-6H3/b24-22+. The minimum absolute atomic E-state index is 0.101. The number of benzene rings is 2. The molecule has 0 saturated carbocycles. The second-order valence-corrected chi connectivity index (χ2v) is 9.74. The Labute approximate surface area is 235 Å². The Balaban J connectivity index is 1.94. The van der Waals surface area contributed by atoms with Gasteiger partial charge in [0.15, 0.2) is 16.6 Å². The van der Waals surface area contributed by atoms with Crippen molar-refractivity contribution in [1.29, 1.82) is 0 Å². The van der Waals surface area contributed by atoms with Crippen molar-refractivity contribution in [3.63, 3.8) is 0 Å². The number of hydrogen-bond acceptors (Lipinski definition) is 10.